The Bertz CT molecular complexity index is 1390. The van der Waals surface area contributed by atoms with Gasteiger partial charge in [0.2, 0.25) is 5.95 Å². The predicted octanol–water partition coefficient (Wildman–Crippen LogP) is 4.09. The molecule has 0 radical (unpaired) electrons. The maximum atomic E-state index is 14.5. The molecular formula is C24H24FN7O2. The molecule has 0 spiro atoms. The second-order valence-corrected chi connectivity index (χ2v) is 7.24. The number of hydrogen-bond acceptors (Lipinski definition) is 8. The molecule has 34 heavy (non-hydrogen) atoms. The van der Waals surface area contributed by atoms with Gasteiger partial charge in [-0.3, -0.25) is 4.40 Å². The Morgan fingerprint density at radius 3 is 2.74 bits per heavy atom. The summed E-state index contributed by atoms with van der Waals surface area (Å²) in [6, 6.07) is 5.38. The number of nitrogens with one attached hydrogen (secondary N) is 1. The number of nitriles is 1. The van der Waals surface area contributed by atoms with Crippen molar-refractivity contribution >= 4 is 11.6 Å². The Hall–Kier alpha value is -4.26. The molecule has 0 unspecified atom stereocenters. The zero-order chi connectivity index (χ0) is 24.2. The van der Waals surface area contributed by atoms with Gasteiger partial charge >= 0.3 is 6.01 Å². The summed E-state index contributed by atoms with van der Waals surface area (Å²) in [5.74, 6) is 0.839. The Kier molecular flexibility index (Phi) is 6.54. The van der Waals surface area contributed by atoms with Gasteiger partial charge in [-0.15, -0.1) is 0 Å². The summed E-state index contributed by atoms with van der Waals surface area (Å²) in [6.07, 6.45) is 5.52. The molecule has 0 amide bonds. The number of rotatable bonds is 5. The third-order valence-corrected chi connectivity index (χ3v) is 5.40. The fourth-order valence-electron chi connectivity index (χ4n) is 3.83. The summed E-state index contributed by atoms with van der Waals surface area (Å²) in [7, 11) is 1.50. The van der Waals surface area contributed by atoms with E-state index >= 15 is 0 Å². The average Bonchev–Trinajstić information content (AvgIpc) is 3.52. The van der Waals surface area contributed by atoms with Crippen molar-refractivity contribution in [3.05, 3.63) is 59.1 Å². The molecule has 0 saturated carbocycles. The summed E-state index contributed by atoms with van der Waals surface area (Å²) in [6.45, 7) is 6.58. The average molecular weight is 462 g/mol. The van der Waals surface area contributed by atoms with Crippen LogP contribution in [0, 0.1) is 24.1 Å². The van der Waals surface area contributed by atoms with E-state index in [1.54, 1.807) is 29.1 Å². The highest BCUT2D eigenvalue weighted by atomic mass is 19.1. The van der Waals surface area contributed by atoms with E-state index < -0.39 is 0 Å². The fraction of sp³-hybridized carbons (Fsp3) is 0.292. The van der Waals surface area contributed by atoms with Crippen LogP contribution in [0.4, 0.5) is 10.3 Å². The van der Waals surface area contributed by atoms with Crippen molar-refractivity contribution in [3.8, 4) is 29.0 Å². The molecule has 1 N–H and O–H groups in total. The van der Waals surface area contributed by atoms with Crippen molar-refractivity contribution in [2.24, 2.45) is 0 Å². The van der Waals surface area contributed by atoms with Crippen molar-refractivity contribution in [1.29, 1.82) is 5.26 Å². The first-order chi connectivity index (χ1) is 16.6. The highest BCUT2D eigenvalue weighted by molar-refractivity contribution is 5.79. The quantitative estimate of drug-likeness (QED) is 0.473. The molecular weight excluding hydrogens is 437 g/mol. The van der Waals surface area contributed by atoms with Crippen molar-refractivity contribution in [2.45, 2.75) is 33.7 Å². The van der Waals surface area contributed by atoms with Gasteiger partial charge in [0.15, 0.2) is 11.3 Å². The second kappa shape index (κ2) is 9.70. The fourth-order valence-corrected chi connectivity index (χ4v) is 3.83. The van der Waals surface area contributed by atoms with Crippen molar-refractivity contribution in [3.63, 3.8) is 0 Å². The summed E-state index contributed by atoms with van der Waals surface area (Å²) in [5.41, 5.74) is 4.21. The monoisotopic (exact) mass is 461 g/mol. The van der Waals surface area contributed by atoms with Gasteiger partial charge in [-0.25, -0.2) is 19.3 Å². The van der Waals surface area contributed by atoms with Crippen LogP contribution in [0.3, 0.4) is 0 Å². The number of hydrogen-bond donors (Lipinski definition) is 1. The molecule has 0 atom stereocenters. The minimum absolute atomic E-state index is 0.213. The van der Waals surface area contributed by atoms with Crippen LogP contribution in [-0.2, 0) is 13.0 Å². The lowest BCUT2D eigenvalue weighted by atomic mass is 10.0. The van der Waals surface area contributed by atoms with E-state index in [1.165, 1.54) is 13.2 Å². The molecule has 174 valence electrons. The van der Waals surface area contributed by atoms with Crippen LogP contribution in [0.2, 0.25) is 0 Å². The number of aryl methyl sites for hydroxylation is 1. The smallest absolute Gasteiger partial charge is 0.316 e. The van der Waals surface area contributed by atoms with Crippen LogP contribution in [0.25, 0.3) is 16.8 Å². The normalized spacial score (nSPS) is 11.8. The second-order valence-electron chi connectivity index (χ2n) is 7.24. The molecule has 1 aromatic carbocycles. The van der Waals surface area contributed by atoms with Crippen LogP contribution in [-0.4, -0.2) is 38.1 Å². The zero-order valence-electron chi connectivity index (χ0n) is 19.4. The number of methoxy groups -OCH3 is 1. The van der Waals surface area contributed by atoms with Gasteiger partial charge in [0.05, 0.1) is 25.6 Å². The van der Waals surface area contributed by atoms with Gasteiger partial charge in [-0.2, -0.15) is 10.2 Å². The molecule has 0 fully saturated rings. The Morgan fingerprint density at radius 1 is 1.21 bits per heavy atom. The maximum absolute atomic E-state index is 14.5. The number of aromatic nitrogens is 5. The standard InChI is InChI=1S/C22H18FN7O2.C2H6/c1-12-15(8-27-22(28-12)31-2)17-10-26-21(30-11-13(7-24)29-20(17)30)25-9-16-14-5-6-32-19(14)4-3-18(16)23;1-2/h3-4,8,10-11H,5-6,9H2,1-2H3,(H,25,26);1-2H3. The third kappa shape index (κ3) is 4.08. The van der Waals surface area contributed by atoms with Crippen molar-refractivity contribution in [1.82, 2.24) is 24.3 Å². The predicted molar refractivity (Wildman–Crippen MR) is 124 cm³/mol. The number of fused-ring (bicyclic) bond motifs is 2. The molecule has 4 aromatic rings. The molecule has 1 aliphatic heterocycles. The van der Waals surface area contributed by atoms with E-state index in [0.717, 1.165) is 5.56 Å². The topological polar surface area (TPSA) is 110 Å². The number of benzene rings is 1. The lowest BCUT2D eigenvalue weighted by molar-refractivity contribution is 0.356. The Balaban J connectivity index is 0.00000133. The minimum atomic E-state index is -0.302. The lowest BCUT2D eigenvalue weighted by Gasteiger charge is -2.13. The highest BCUT2D eigenvalue weighted by Gasteiger charge is 2.20. The van der Waals surface area contributed by atoms with Gasteiger partial charge in [-0.1, -0.05) is 13.8 Å². The van der Waals surface area contributed by atoms with E-state index in [1.807, 2.05) is 20.8 Å². The van der Waals surface area contributed by atoms with Gasteiger partial charge in [-0.05, 0) is 19.1 Å². The van der Waals surface area contributed by atoms with Crippen LogP contribution in [0.1, 0.15) is 36.4 Å². The zero-order valence-corrected chi connectivity index (χ0v) is 19.4. The van der Waals surface area contributed by atoms with E-state index in [4.69, 9.17) is 9.47 Å². The van der Waals surface area contributed by atoms with Gasteiger partial charge in [0.25, 0.3) is 0 Å². The van der Waals surface area contributed by atoms with Gasteiger partial charge < -0.3 is 14.8 Å². The number of halogens is 1. The molecule has 9 nitrogen and oxygen atoms in total. The van der Waals surface area contributed by atoms with E-state index in [-0.39, 0.29) is 24.1 Å². The van der Waals surface area contributed by atoms with E-state index in [0.29, 0.717) is 52.8 Å². The Labute approximate surface area is 196 Å². The maximum Gasteiger partial charge on any atom is 0.316 e. The van der Waals surface area contributed by atoms with Crippen LogP contribution < -0.4 is 14.8 Å². The molecule has 3 aromatic heterocycles. The SMILES string of the molecule is CC.COc1ncc(-c2cnc(NCc3c(F)ccc4c3CCO4)n3cc(C#N)nc23)c(C)n1. The van der Waals surface area contributed by atoms with E-state index in [2.05, 4.69) is 31.3 Å². The molecule has 5 rings (SSSR count). The minimum Gasteiger partial charge on any atom is -0.493 e. The van der Waals surface area contributed by atoms with Crippen molar-refractivity contribution in [2.75, 3.05) is 19.0 Å². The molecule has 4 heterocycles. The number of imidazole rings is 1. The van der Waals surface area contributed by atoms with Crippen LogP contribution in [0.15, 0.2) is 30.7 Å². The molecule has 1 aliphatic rings. The Morgan fingerprint density at radius 2 is 2.00 bits per heavy atom. The van der Waals surface area contributed by atoms with Gasteiger partial charge in [0, 0.05) is 47.6 Å². The van der Waals surface area contributed by atoms with Crippen molar-refractivity contribution < 1.29 is 13.9 Å². The van der Waals surface area contributed by atoms with E-state index in [9.17, 15) is 9.65 Å². The summed E-state index contributed by atoms with van der Waals surface area (Å²) < 4.78 is 26.8. The largest absolute Gasteiger partial charge is 0.493 e. The molecule has 0 aliphatic carbocycles. The highest BCUT2D eigenvalue weighted by Crippen LogP contribution is 2.31. The lowest BCUT2D eigenvalue weighted by Crippen LogP contribution is -2.10. The summed E-state index contributed by atoms with van der Waals surface area (Å²) >= 11 is 0. The number of nitrogens with zero attached hydrogens (tertiary/aromatic N) is 6. The first-order valence-corrected chi connectivity index (χ1v) is 10.9. The number of anilines is 1. The van der Waals surface area contributed by atoms with Crippen LogP contribution >= 0.6 is 0 Å². The first kappa shape index (κ1) is 22.9. The van der Waals surface area contributed by atoms with Gasteiger partial charge in [0.1, 0.15) is 17.6 Å². The third-order valence-electron chi connectivity index (χ3n) is 5.40. The first-order valence-electron chi connectivity index (χ1n) is 10.9. The number of ether oxygens (including phenoxy) is 2. The molecule has 0 saturated heterocycles. The molecule has 0 bridgehead atoms. The summed E-state index contributed by atoms with van der Waals surface area (Å²) in [4.78, 5) is 17.4. The van der Waals surface area contributed by atoms with Crippen LogP contribution in [0.5, 0.6) is 11.8 Å². The molecule has 10 heteroatoms. The summed E-state index contributed by atoms with van der Waals surface area (Å²) in [5, 5.41) is 12.6.